The van der Waals surface area contributed by atoms with Crippen molar-refractivity contribution in [2.45, 2.75) is 13.5 Å². The van der Waals surface area contributed by atoms with E-state index in [4.69, 9.17) is 4.74 Å². The standard InChI is InChI=1S/C19H21BrN2O3/c1-13-9-16(20)7-8-17(13)21-18(23)12-22(2)11-14-5-4-6-15(10-14)19(24)25-3/h4-10H,11-12H2,1-3H3,(H,21,23)/p+1. The number of hydrogen-bond donors (Lipinski definition) is 2. The van der Waals surface area contributed by atoms with Crippen LogP contribution in [0.15, 0.2) is 46.9 Å². The van der Waals surface area contributed by atoms with E-state index in [1.165, 1.54) is 7.11 Å². The lowest BCUT2D eigenvalue weighted by Gasteiger charge is -2.15. The molecule has 0 aliphatic heterocycles. The normalized spacial score (nSPS) is 11.7. The quantitative estimate of drug-likeness (QED) is 0.724. The van der Waals surface area contributed by atoms with Gasteiger partial charge in [0.25, 0.3) is 5.91 Å². The Balaban J connectivity index is 1.94. The molecular weight excluding hydrogens is 384 g/mol. The van der Waals surface area contributed by atoms with Gasteiger partial charge in [-0.05, 0) is 42.8 Å². The van der Waals surface area contributed by atoms with Crippen LogP contribution in [0.1, 0.15) is 21.5 Å². The molecule has 0 aromatic heterocycles. The van der Waals surface area contributed by atoms with E-state index in [1.807, 2.05) is 44.3 Å². The Morgan fingerprint density at radius 3 is 2.64 bits per heavy atom. The van der Waals surface area contributed by atoms with Crippen molar-refractivity contribution in [3.05, 3.63) is 63.6 Å². The van der Waals surface area contributed by atoms with E-state index in [-0.39, 0.29) is 11.9 Å². The molecule has 0 fully saturated rings. The Hall–Kier alpha value is -2.18. The highest BCUT2D eigenvalue weighted by Crippen LogP contribution is 2.19. The number of halogens is 1. The van der Waals surface area contributed by atoms with Crippen molar-refractivity contribution in [3.63, 3.8) is 0 Å². The maximum Gasteiger partial charge on any atom is 0.337 e. The van der Waals surface area contributed by atoms with Crippen molar-refractivity contribution in [1.29, 1.82) is 0 Å². The van der Waals surface area contributed by atoms with E-state index in [2.05, 4.69) is 21.2 Å². The van der Waals surface area contributed by atoms with Gasteiger partial charge in [0.2, 0.25) is 0 Å². The van der Waals surface area contributed by atoms with Crippen LogP contribution in [0.4, 0.5) is 5.69 Å². The molecule has 0 heterocycles. The van der Waals surface area contributed by atoms with Gasteiger partial charge in [0.05, 0.1) is 19.7 Å². The number of carbonyl (C=O) groups excluding carboxylic acids is 2. The lowest BCUT2D eigenvalue weighted by Crippen LogP contribution is -3.08. The molecule has 1 atom stereocenters. The van der Waals surface area contributed by atoms with Crippen molar-refractivity contribution >= 4 is 33.5 Å². The Morgan fingerprint density at radius 1 is 1.20 bits per heavy atom. The van der Waals surface area contributed by atoms with Crippen LogP contribution in [0.25, 0.3) is 0 Å². The van der Waals surface area contributed by atoms with E-state index in [0.29, 0.717) is 18.7 Å². The number of benzene rings is 2. The predicted molar refractivity (Wildman–Crippen MR) is 101 cm³/mol. The number of rotatable bonds is 6. The molecule has 0 aliphatic carbocycles. The minimum absolute atomic E-state index is 0.0490. The number of likely N-dealkylation sites (N-methyl/N-ethyl adjacent to an activating group) is 1. The number of nitrogens with one attached hydrogen (secondary N) is 2. The molecule has 2 aromatic carbocycles. The number of amides is 1. The third-order valence-electron chi connectivity index (χ3n) is 3.78. The summed E-state index contributed by atoms with van der Waals surface area (Å²) in [5.74, 6) is -0.407. The smallest absolute Gasteiger partial charge is 0.337 e. The van der Waals surface area contributed by atoms with Gasteiger partial charge in [0, 0.05) is 15.7 Å². The molecule has 0 radical (unpaired) electrons. The maximum absolute atomic E-state index is 12.3. The van der Waals surface area contributed by atoms with Gasteiger partial charge in [0.1, 0.15) is 6.54 Å². The first-order chi connectivity index (χ1) is 11.9. The number of quaternary nitrogens is 1. The largest absolute Gasteiger partial charge is 0.465 e. The summed E-state index contributed by atoms with van der Waals surface area (Å²) in [6, 6.07) is 13.0. The number of carbonyl (C=O) groups is 2. The Morgan fingerprint density at radius 2 is 1.96 bits per heavy atom. The molecule has 2 rings (SSSR count). The van der Waals surface area contributed by atoms with Crippen molar-refractivity contribution < 1.29 is 19.2 Å². The molecule has 1 unspecified atom stereocenters. The zero-order chi connectivity index (χ0) is 18.4. The summed E-state index contributed by atoms with van der Waals surface area (Å²) >= 11 is 3.41. The van der Waals surface area contributed by atoms with E-state index in [1.54, 1.807) is 12.1 Å². The first-order valence-corrected chi connectivity index (χ1v) is 8.73. The highest BCUT2D eigenvalue weighted by atomic mass is 79.9. The zero-order valence-electron chi connectivity index (χ0n) is 14.6. The summed E-state index contributed by atoms with van der Waals surface area (Å²) in [5.41, 5.74) is 3.32. The third-order valence-corrected chi connectivity index (χ3v) is 4.27. The number of hydrogen-bond acceptors (Lipinski definition) is 3. The van der Waals surface area contributed by atoms with Crippen LogP contribution >= 0.6 is 15.9 Å². The second kappa shape index (κ2) is 8.78. The lowest BCUT2D eigenvalue weighted by atomic mass is 10.1. The van der Waals surface area contributed by atoms with E-state index >= 15 is 0 Å². The molecule has 6 heteroatoms. The summed E-state index contributed by atoms with van der Waals surface area (Å²) in [4.78, 5) is 24.9. The fourth-order valence-electron chi connectivity index (χ4n) is 2.57. The Labute approximate surface area is 156 Å². The summed E-state index contributed by atoms with van der Waals surface area (Å²) in [6.07, 6.45) is 0. The Kier molecular flexibility index (Phi) is 6.73. The SMILES string of the molecule is COC(=O)c1cccc(C[NH+](C)CC(=O)Nc2ccc(Br)cc2C)c1. The van der Waals surface area contributed by atoms with Crippen LogP contribution in [0.5, 0.6) is 0 Å². The fraction of sp³-hybridized carbons (Fsp3) is 0.263. The van der Waals surface area contributed by atoms with Gasteiger partial charge < -0.3 is 15.0 Å². The number of esters is 1. The van der Waals surface area contributed by atoms with Crippen LogP contribution < -0.4 is 10.2 Å². The first-order valence-electron chi connectivity index (χ1n) is 7.93. The van der Waals surface area contributed by atoms with Crippen LogP contribution in [-0.4, -0.2) is 32.6 Å². The summed E-state index contributed by atoms with van der Waals surface area (Å²) in [6.45, 7) is 2.92. The summed E-state index contributed by atoms with van der Waals surface area (Å²) in [7, 11) is 3.31. The molecule has 0 aliphatic rings. The van der Waals surface area contributed by atoms with Crippen LogP contribution in [-0.2, 0) is 16.1 Å². The van der Waals surface area contributed by atoms with Gasteiger partial charge in [-0.3, -0.25) is 4.79 Å². The molecule has 0 saturated heterocycles. The summed E-state index contributed by atoms with van der Waals surface area (Å²) in [5, 5.41) is 2.94. The number of anilines is 1. The van der Waals surface area contributed by atoms with Gasteiger partial charge >= 0.3 is 5.97 Å². The van der Waals surface area contributed by atoms with Gasteiger partial charge in [-0.1, -0.05) is 28.1 Å². The van der Waals surface area contributed by atoms with Crippen molar-refractivity contribution in [3.8, 4) is 0 Å². The average Bonchev–Trinajstić information content (AvgIpc) is 2.56. The number of methoxy groups -OCH3 is 1. The topological polar surface area (TPSA) is 59.8 Å². The number of aryl methyl sites for hydroxylation is 1. The van der Waals surface area contributed by atoms with Gasteiger partial charge in [-0.25, -0.2) is 4.79 Å². The lowest BCUT2D eigenvalue weighted by molar-refractivity contribution is -0.885. The minimum atomic E-state index is -0.358. The van der Waals surface area contributed by atoms with Crippen LogP contribution in [0, 0.1) is 6.92 Å². The molecule has 132 valence electrons. The maximum atomic E-state index is 12.3. The van der Waals surface area contributed by atoms with E-state index in [9.17, 15) is 9.59 Å². The average molecular weight is 406 g/mol. The molecule has 0 spiro atoms. The first kappa shape index (κ1) is 19.1. The second-order valence-corrected chi connectivity index (χ2v) is 6.93. The zero-order valence-corrected chi connectivity index (χ0v) is 16.1. The van der Waals surface area contributed by atoms with Crippen LogP contribution in [0.2, 0.25) is 0 Å². The third kappa shape index (κ3) is 5.69. The van der Waals surface area contributed by atoms with Crippen molar-refractivity contribution in [1.82, 2.24) is 0 Å². The van der Waals surface area contributed by atoms with E-state index in [0.717, 1.165) is 26.2 Å². The second-order valence-electron chi connectivity index (χ2n) is 6.01. The molecule has 2 aromatic rings. The predicted octanol–water partition coefficient (Wildman–Crippen LogP) is 2.20. The van der Waals surface area contributed by atoms with Gasteiger partial charge in [-0.15, -0.1) is 0 Å². The fourth-order valence-corrected chi connectivity index (χ4v) is 3.05. The molecule has 5 nitrogen and oxygen atoms in total. The number of ether oxygens (including phenoxy) is 1. The highest BCUT2D eigenvalue weighted by molar-refractivity contribution is 9.10. The molecular formula is C19H22BrN2O3+. The van der Waals surface area contributed by atoms with Gasteiger partial charge in [0.15, 0.2) is 6.54 Å². The Bertz CT molecular complexity index is 777. The van der Waals surface area contributed by atoms with Crippen LogP contribution in [0.3, 0.4) is 0 Å². The van der Waals surface area contributed by atoms with Crippen molar-refractivity contribution in [2.24, 2.45) is 0 Å². The highest BCUT2D eigenvalue weighted by Gasteiger charge is 2.13. The van der Waals surface area contributed by atoms with Crippen molar-refractivity contribution in [2.75, 3.05) is 26.0 Å². The molecule has 1 amide bonds. The van der Waals surface area contributed by atoms with Gasteiger partial charge in [-0.2, -0.15) is 0 Å². The monoisotopic (exact) mass is 405 g/mol. The molecule has 25 heavy (non-hydrogen) atoms. The molecule has 0 bridgehead atoms. The minimum Gasteiger partial charge on any atom is -0.465 e. The summed E-state index contributed by atoms with van der Waals surface area (Å²) < 4.78 is 5.72. The van der Waals surface area contributed by atoms with E-state index < -0.39 is 0 Å². The molecule has 0 saturated carbocycles. The molecule has 2 N–H and O–H groups in total.